The number of amides is 1. The van der Waals surface area contributed by atoms with Gasteiger partial charge in [0, 0.05) is 37.4 Å². The number of nitrogens with zero attached hydrogens (tertiary/aromatic N) is 2. The molecule has 1 aromatic carbocycles. The fraction of sp³-hybridized carbons (Fsp3) is 0.600. The van der Waals surface area contributed by atoms with Crippen LogP contribution in [0.1, 0.15) is 51.5 Å². The maximum Gasteiger partial charge on any atom is 0.408 e. The molecule has 5 rings (SSSR count). The van der Waals surface area contributed by atoms with Gasteiger partial charge < -0.3 is 25.0 Å². The first-order valence-corrected chi connectivity index (χ1v) is 12.5. The minimum atomic E-state index is -2.33. The molecular formula is C25H34Cl2F2N4O4. The molecule has 8 nitrogen and oxygen atoms in total. The number of aldehydes is 1. The molecule has 2 bridgehead atoms. The minimum Gasteiger partial charge on any atom is -0.421 e. The lowest BCUT2D eigenvalue weighted by Gasteiger charge is -2.73. The molecule has 3 fully saturated rings. The van der Waals surface area contributed by atoms with Crippen LogP contribution in [0.5, 0.6) is 0 Å². The van der Waals surface area contributed by atoms with Gasteiger partial charge in [-0.25, -0.2) is 18.6 Å². The van der Waals surface area contributed by atoms with E-state index in [4.69, 9.17) is 37.7 Å². The molecule has 1 heterocycles. The van der Waals surface area contributed by atoms with Crippen molar-refractivity contribution < 1.29 is 27.9 Å². The summed E-state index contributed by atoms with van der Waals surface area (Å²) in [4.78, 5) is 36.1. The van der Waals surface area contributed by atoms with E-state index in [1.165, 1.54) is 0 Å². The maximum absolute atomic E-state index is 11.6. The van der Waals surface area contributed by atoms with Gasteiger partial charge in [-0.15, -0.1) is 0 Å². The Morgan fingerprint density at radius 1 is 1.30 bits per heavy atom. The highest BCUT2D eigenvalue weighted by molar-refractivity contribution is 6.42. The van der Waals surface area contributed by atoms with Gasteiger partial charge in [-0.3, -0.25) is 4.90 Å². The second-order valence-electron chi connectivity index (χ2n) is 10.1. The number of hydrogen-bond donors (Lipinski definition) is 2. The van der Waals surface area contributed by atoms with Gasteiger partial charge >= 0.3 is 6.09 Å². The van der Waals surface area contributed by atoms with E-state index >= 15 is 0 Å². The molecule has 0 saturated heterocycles. The van der Waals surface area contributed by atoms with Crippen molar-refractivity contribution in [3.05, 3.63) is 33.8 Å². The van der Waals surface area contributed by atoms with E-state index in [1.54, 1.807) is 7.05 Å². The van der Waals surface area contributed by atoms with Crippen LogP contribution >= 0.6 is 23.2 Å². The third-order valence-corrected chi connectivity index (χ3v) is 7.69. The van der Waals surface area contributed by atoms with Crippen molar-refractivity contribution in [2.24, 2.45) is 10.4 Å². The summed E-state index contributed by atoms with van der Waals surface area (Å²) in [7, 11) is 3.72. The Morgan fingerprint density at radius 2 is 1.92 bits per heavy atom. The Balaban J connectivity index is 0.000000465. The number of alkyl carbamates (subject to hydrolysis) is 1. The fourth-order valence-corrected chi connectivity index (χ4v) is 5.27. The van der Waals surface area contributed by atoms with E-state index < -0.39 is 24.3 Å². The number of amidine groups is 1. The van der Waals surface area contributed by atoms with Gasteiger partial charge in [0.1, 0.15) is 18.9 Å². The molecule has 4 aliphatic rings. The van der Waals surface area contributed by atoms with Crippen molar-refractivity contribution in [3.8, 4) is 0 Å². The van der Waals surface area contributed by atoms with Crippen molar-refractivity contribution in [1.29, 1.82) is 0 Å². The molecule has 37 heavy (non-hydrogen) atoms. The Hall–Kier alpha value is -2.30. The highest BCUT2D eigenvalue weighted by Crippen LogP contribution is 2.70. The van der Waals surface area contributed by atoms with Crippen LogP contribution in [0.3, 0.4) is 0 Å². The SMILES string of the molecule is C=O.CNC(=O)O[C@@H]1N=C(C23CC(N(C)Cc4ccc(Cl)c(Cl)c4)(C2)C3)NC1(C)C.O=CCCC(F)F. The molecule has 1 aromatic rings. The zero-order valence-electron chi connectivity index (χ0n) is 21.5. The predicted molar refractivity (Wildman–Crippen MR) is 139 cm³/mol. The molecule has 0 aromatic heterocycles. The predicted octanol–water partition coefficient (Wildman–Crippen LogP) is 4.86. The van der Waals surface area contributed by atoms with Gasteiger partial charge in [-0.2, -0.15) is 0 Å². The van der Waals surface area contributed by atoms with Gasteiger partial charge in [0.2, 0.25) is 12.7 Å². The van der Waals surface area contributed by atoms with E-state index in [0.29, 0.717) is 16.3 Å². The molecule has 2 N–H and O–H groups in total. The van der Waals surface area contributed by atoms with E-state index in [-0.39, 0.29) is 23.8 Å². The van der Waals surface area contributed by atoms with Crippen LogP contribution in [0.25, 0.3) is 0 Å². The lowest BCUT2D eigenvalue weighted by atomic mass is 9.38. The smallest absolute Gasteiger partial charge is 0.408 e. The second-order valence-corrected chi connectivity index (χ2v) is 10.9. The Morgan fingerprint density at radius 3 is 2.41 bits per heavy atom. The normalized spacial score (nSPS) is 26.2. The number of halogens is 4. The standard InChI is InChI=1S/C20H26Cl2N4O2.C4H6F2O.CH2O/c1-18(2)16(28-17(27)23-3)24-15(25-18)19-9-20(10-19,11-19)26(4)8-12-5-6-13(21)14(22)7-12;5-4(6)2-1-3-7;1-2/h5-7,16H,8-11H2,1-4H3,(H,23,27)(H,24,25);3-4H,1-2H2;1H2/t16-,19?,20?;;/m0../s1. The van der Waals surface area contributed by atoms with Crippen molar-refractivity contribution in [3.63, 3.8) is 0 Å². The molecule has 0 radical (unpaired) electrons. The summed E-state index contributed by atoms with van der Waals surface area (Å²) in [5.74, 6) is 0.983. The molecule has 3 saturated carbocycles. The Kier molecular flexibility index (Phi) is 10.4. The molecule has 0 unspecified atom stereocenters. The van der Waals surface area contributed by atoms with E-state index in [9.17, 15) is 18.4 Å². The zero-order valence-corrected chi connectivity index (χ0v) is 23.0. The maximum atomic E-state index is 11.6. The molecule has 12 heteroatoms. The van der Waals surface area contributed by atoms with Crippen LogP contribution in [-0.4, -0.2) is 67.7 Å². The van der Waals surface area contributed by atoms with Gasteiger partial charge in [0.15, 0.2) is 0 Å². The van der Waals surface area contributed by atoms with Crippen molar-refractivity contribution in [2.75, 3.05) is 14.1 Å². The zero-order chi connectivity index (χ0) is 28.0. The summed E-state index contributed by atoms with van der Waals surface area (Å²) in [6, 6.07) is 5.81. The molecule has 3 aliphatic carbocycles. The Bertz CT molecular complexity index is 989. The number of hydrogen-bond acceptors (Lipinski definition) is 7. The summed E-state index contributed by atoms with van der Waals surface area (Å²) < 4.78 is 27.6. The van der Waals surface area contributed by atoms with Crippen LogP contribution in [0.2, 0.25) is 10.0 Å². The molecule has 206 valence electrons. The number of alkyl halides is 2. The monoisotopic (exact) mass is 562 g/mol. The van der Waals surface area contributed by atoms with Crippen LogP contribution in [0, 0.1) is 5.41 Å². The summed E-state index contributed by atoms with van der Waals surface area (Å²) in [6.45, 7) is 6.85. The lowest BCUT2D eigenvalue weighted by Crippen LogP contribution is -2.77. The highest BCUT2D eigenvalue weighted by atomic mass is 35.5. The first kappa shape index (κ1) is 30.9. The Labute approximate surface area is 226 Å². The lowest BCUT2D eigenvalue weighted by molar-refractivity contribution is -0.175. The number of rotatable bonds is 8. The minimum absolute atomic E-state index is 0.0301. The van der Waals surface area contributed by atoms with E-state index in [0.717, 1.165) is 37.2 Å². The number of carbonyl (C=O) groups is 3. The largest absolute Gasteiger partial charge is 0.421 e. The fourth-order valence-electron chi connectivity index (χ4n) is 4.95. The number of benzene rings is 1. The number of carbonyl (C=O) groups excluding carboxylic acids is 3. The van der Waals surface area contributed by atoms with E-state index in [2.05, 4.69) is 22.6 Å². The van der Waals surface area contributed by atoms with Crippen LogP contribution in [0.15, 0.2) is 23.2 Å². The third kappa shape index (κ3) is 6.97. The number of aliphatic imine (C=N–C) groups is 1. The molecule has 1 atom stereocenters. The third-order valence-electron chi connectivity index (χ3n) is 6.95. The van der Waals surface area contributed by atoms with Crippen LogP contribution in [0.4, 0.5) is 13.6 Å². The van der Waals surface area contributed by atoms with Crippen molar-refractivity contribution in [2.45, 2.75) is 76.2 Å². The highest BCUT2D eigenvalue weighted by Gasteiger charge is 2.72. The summed E-state index contributed by atoms with van der Waals surface area (Å²) in [5.41, 5.74) is 1.05. The van der Waals surface area contributed by atoms with Gasteiger partial charge in [-0.05, 0) is 57.9 Å². The molecular weight excluding hydrogens is 529 g/mol. The first-order chi connectivity index (χ1) is 17.4. The summed E-state index contributed by atoms with van der Waals surface area (Å²) in [6.07, 6.45) is 0.0466. The molecule has 0 spiro atoms. The van der Waals surface area contributed by atoms with Crippen LogP contribution < -0.4 is 10.6 Å². The quantitative estimate of drug-likeness (QED) is 0.439. The van der Waals surface area contributed by atoms with Crippen molar-refractivity contribution in [1.82, 2.24) is 15.5 Å². The molecule has 1 aliphatic heterocycles. The van der Waals surface area contributed by atoms with Gasteiger partial charge in [0.25, 0.3) is 0 Å². The average molecular weight is 563 g/mol. The number of ether oxygens (including phenoxy) is 1. The van der Waals surface area contributed by atoms with Gasteiger partial charge in [0.05, 0.1) is 15.6 Å². The average Bonchev–Trinajstić information content (AvgIpc) is 3.08. The molecule has 1 amide bonds. The first-order valence-electron chi connectivity index (χ1n) is 11.8. The van der Waals surface area contributed by atoms with Crippen LogP contribution in [-0.2, 0) is 20.9 Å². The summed E-state index contributed by atoms with van der Waals surface area (Å²) in [5, 5.41) is 7.17. The number of nitrogens with one attached hydrogen (secondary N) is 2. The second kappa shape index (κ2) is 12.5. The summed E-state index contributed by atoms with van der Waals surface area (Å²) >= 11 is 12.2. The van der Waals surface area contributed by atoms with Crippen molar-refractivity contribution >= 4 is 48.2 Å². The topological polar surface area (TPSA) is 100 Å². The van der Waals surface area contributed by atoms with E-state index in [1.807, 2.05) is 38.8 Å². The van der Waals surface area contributed by atoms with Gasteiger partial charge in [-0.1, -0.05) is 29.3 Å².